The maximum absolute atomic E-state index is 15.3. The highest BCUT2D eigenvalue weighted by atomic mass is 16.3. The fraction of sp³-hybridized carbons (Fsp3) is 0.571. The van der Waals surface area contributed by atoms with Crippen LogP contribution < -0.4 is 86.1 Å². The summed E-state index contributed by atoms with van der Waals surface area (Å²) in [6.07, 6.45) is 2.58. The summed E-state index contributed by atoms with van der Waals surface area (Å²) in [7, 11) is 0. The molecule has 0 radical (unpaired) electrons. The predicted molar refractivity (Wildman–Crippen MR) is 481 cm³/mol. The van der Waals surface area contributed by atoms with Gasteiger partial charge in [-0.3, -0.25) is 86.2 Å². The van der Waals surface area contributed by atoms with Gasteiger partial charge in [-0.05, 0) is 159 Å². The van der Waals surface area contributed by atoms with Gasteiger partial charge in [-0.15, -0.1) is 5.10 Å². The molecule has 0 spiro atoms. The topological polar surface area (TPSA) is 598 Å². The molecule has 1 aliphatic heterocycles. The molecule has 3 aromatic carbocycles. The van der Waals surface area contributed by atoms with Gasteiger partial charge in [0.1, 0.15) is 59.1 Å². The fourth-order valence-electron chi connectivity index (χ4n) is 14.9. The number of amides is 13. The van der Waals surface area contributed by atoms with E-state index in [2.05, 4.69) is 89.9 Å². The standard InChI is InChI=1S/C91H134N20O19/c1-16-51(6)73(109-107-54(9)79(93)120)78(119)76(117)53(8)96-80(121)55(10)98-89(130)91(15)39-26-29-63-48-111(110-108-63)40-25-18-17-24-38-90(14,106-86(127)70(43-59-27-20-19-21-28-59)103-87(128)74(57(12)112)104-85(126)68(42-50(4)5)100-58(13)113)88(129)99-56(11)81(122)101-69(44-60-32-34-64(114)35-33-60)84(125)102-71(45-61-46-94-66-31-23-22-30-65(61)66)83(124)97-52(7)75(116)77(118)67(36-37-72(92)115)95-47-62(41-49(2)3)82(123)105-91/h19-23,27-28,30-35,46,48-57,62,67-71,73-74,94-95,107,109,112,114H,16-18,24-26,29,36-45,47H2,1-15H3,(H2,92,115)(H2,93,120)(H,96,121)(H,97,124)(H,98,130)(H,99,129)(H,100,113)(H,101,122)(H,102,125)(H,103,128)(H,104,126)(H,105,123)(H,106,127)/t51-,52?,53-,54+,55?,56?,57+,62+,67-,68-,69-,70-,71-,73-,74-,90+,91-/m0/s1. The average Bonchev–Trinajstić information content (AvgIpc) is 0.978. The Balaban J connectivity index is 1.40. The van der Waals surface area contributed by atoms with Crippen LogP contribution in [-0.2, 0) is 114 Å². The number of H-pyrrole nitrogens is 1. The lowest BCUT2D eigenvalue weighted by atomic mass is 9.89. The van der Waals surface area contributed by atoms with E-state index in [4.69, 9.17) is 11.5 Å². The Morgan fingerprint density at radius 3 is 1.88 bits per heavy atom. The molecular formula is C91H134N20O19. The number of Topliss-reactive ketones (excluding diaryl/α,β-unsaturated/α-hetero) is 4. The number of primary amides is 2. The van der Waals surface area contributed by atoms with Gasteiger partial charge in [0.25, 0.3) is 0 Å². The number of para-hydroxylation sites is 1. The number of benzene rings is 3. The van der Waals surface area contributed by atoms with Crippen LogP contribution in [-0.4, -0.2) is 226 Å². The van der Waals surface area contributed by atoms with Crippen molar-refractivity contribution in [2.75, 3.05) is 6.54 Å². The highest BCUT2D eigenvalue weighted by molar-refractivity contribution is 6.42. The van der Waals surface area contributed by atoms with Crippen LogP contribution in [0.1, 0.15) is 203 Å². The van der Waals surface area contributed by atoms with Crippen LogP contribution in [0.15, 0.2) is 91.3 Å². The minimum absolute atomic E-state index is 0.102. The molecule has 39 nitrogen and oxygen atoms in total. The van der Waals surface area contributed by atoms with Gasteiger partial charge in [-0.1, -0.05) is 133 Å². The molecule has 21 N–H and O–H groups in total. The number of aliphatic hydroxyl groups excluding tert-OH is 1. The number of rotatable bonds is 34. The number of carbonyl (C=O) groups excluding carboxylic acids is 17. The Kier molecular flexibility index (Phi) is 41.5. The minimum atomic E-state index is -1.94. The van der Waals surface area contributed by atoms with Crippen molar-refractivity contribution in [2.24, 2.45) is 35.1 Å². The van der Waals surface area contributed by atoms with E-state index >= 15 is 24.0 Å². The molecule has 5 aromatic rings. The van der Waals surface area contributed by atoms with E-state index in [1.807, 2.05) is 27.7 Å². The van der Waals surface area contributed by atoms with E-state index in [0.717, 1.165) is 0 Å². The van der Waals surface area contributed by atoms with Crippen molar-refractivity contribution < 1.29 is 91.7 Å². The van der Waals surface area contributed by atoms with Gasteiger partial charge in [0.15, 0.2) is 0 Å². The number of aromatic hydroxyl groups is 1. The monoisotopic (exact) mass is 1810 g/mol. The summed E-state index contributed by atoms with van der Waals surface area (Å²) in [5.74, 6) is -17.4. The second-order valence-corrected chi connectivity index (χ2v) is 35.4. The van der Waals surface area contributed by atoms with Crippen molar-refractivity contribution in [3.05, 3.63) is 114 Å². The van der Waals surface area contributed by atoms with Crippen LogP contribution in [0.3, 0.4) is 0 Å². The zero-order valence-corrected chi connectivity index (χ0v) is 77.0. The van der Waals surface area contributed by atoms with E-state index in [9.17, 15) is 67.7 Å². The number of aromatic nitrogens is 4. The number of aromatic amines is 1. The number of phenols is 1. The van der Waals surface area contributed by atoms with E-state index < -0.39 is 208 Å². The molecule has 13 amide bonds. The van der Waals surface area contributed by atoms with Crippen LogP contribution in [0.25, 0.3) is 10.9 Å². The van der Waals surface area contributed by atoms with Crippen LogP contribution in [0.5, 0.6) is 5.75 Å². The second-order valence-electron chi connectivity index (χ2n) is 35.4. The van der Waals surface area contributed by atoms with Crippen molar-refractivity contribution in [1.29, 1.82) is 0 Å². The number of carbonyl (C=O) groups is 17. The van der Waals surface area contributed by atoms with E-state index in [-0.39, 0.29) is 94.8 Å². The van der Waals surface area contributed by atoms with Crippen molar-refractivity contribution >= 4 is 111 Å². The third kappa shape index (κ3) is 33.1. The number of fused-ring (bicyclic) bond motifs is 3. The largest absolute Gasteiger partial charge is 0.508 e. The molecule has 0 fully saturated rings. The zero-order valence-electron chi connectivity index (χ0n) is 77.0. The molecular weight excluding hydrogens is 1680 g/mol. The first kappa shape index (κ1) is 107. The van der Waals surface area contributed by atoms with Crippen molar-refractivity contribution in [3.8, 4) is 5.75 Å². The van der Waals surface area contributed by atoms with Gasteiger partial charge in [0, 0.05) is 69.0 Å². The first-order valence-electron chi connectivity index (χ1n) is 44.5. The van der Waals surface area contributed by atoms with Crippen molar-refractivity contribution in [2.45, 2.75) is 303 Å². The Bertz CT molecular complexity index is 4770. The molecule has 17 atom stereocenters. The van der Waals surface area contributed by atoms with Gasteiger partial charge in [-0.2, -0.15) is 0 Å². The number of ketones is 4. The number of aryl methyl sites for hydroxylation is 2. The number of nitrogens with two attached hydrogens (primary N) is 2. The predicted octanol–water partition coefficient (Wildman–Crippen LogP) is 0.664. The Morgan fingerprint density at radius 1 is 0.600 bits per heavy atom. The summed E-state index contributed by atoms with van der Waals surface area (Å²) in [6, 6.07) is 4.02. The minimum Gasteiger partial charge on any atom is -0.508 e. The molecule has 39 heteroatoms. The third-order valence-electron chi connectivity index (χ3n) is 23.0. The Labute approximate surface area is 757 Å². The Morgan fingerprint density at radius 2 is 1.25 bits per heavy atom. The third-order valence-corrected chi connectivity index (χ3v) is 23.0. The number of nitrogens with zero attached hydrogens (tertiary/aromatic N) is 3. The molecule has 3 heterocycles. The quantitative estimate of drug-likeness (QED) is 0.0199. The molecule has 3 unspecified atom stereocenters. The summed E-state index contributed by atoms with van der Waals surface area (Å²) < 4.78 is 1.60. The smallest absolute Gasteiger partial charge is 0.246 e. The van der Waals surface area contributed by atoms with E-state index in [1.165, 1.54) is 86.6 Å². The van der Waals surface area contributed by atoms with Crippen molar-refractivity contribution in [1.82, 2.24) is 94.6 Å². The lowest BCUT2D eigenvalue weighted by Gasteiger charge is -2.33. The number of hydrogen-bond donors (Lipinski definition) is 19. The maximum atomic E-state index is 15.3. The Hall–Kier alpha value is -12.2. The molecule has 0 saturated heterocycles. The fourth-order valence-corrected chi connectivity index (χ4v) is 14.9. The summed E-state index contributed by atoms with van der Waals surface area (Å²) in [4.78, 5) is 245. The first-order valence-corrected chi connectivity index (χ1v) is 44.5. The highest BCUT2D eigenvalue weighted by Gasteiger charge is 2.44. The van der Waals surface area contributed by atoms with Gasteiger partial charge in [0.05, 0.1) is 47.9 Å². The first-order chi connectivity index (χ1) is 61.2. The number of phenolic OH excluding ortho intramolecular Hbond substituents is 1. The van der Waals surface area contributed by atoms with Gasteiger partial charge < -0.3 is 90.5 Å². The maximum Gasteiger partial charge on any atom is 0.246 e. The van der Waals surface area contributed by atoms with Crippen molar-refractivity contribution in [3.63, 3.8) is 0 Å². The lowest BCUT2D eigenvalue weighted by molar-refractivity contribution is -0.141. The van der Waals surface area contributed by atoms with E-state index in [0.29, 0.717) is 65.5 Å². The van der Waals surface area contributed by atoms with Crippen LogP contribution in [0.4, 0.5) is 0 Å². The van der Waals surface area contributed by atoms with Crippen LogP contribution in [0.2, 0.25) is 0 Å². The molecule has 1 aliphatic rings. The zero-order chi connectivity index (χ0) is 96.6. The molecule has 2 bridgehead atoms. The molecule has 0 aliphatic carbocycles. The second kappa shape index (κ2) is 50.7. The summed E-state index contributed by atoms with van der Waals surface area (Å²) in [5, 5.41) is 63.2. The molecule has 2 aromatic heterocycles. The normalized spacial score (nSPS) is 22.2. The number of aliphatic hydroxyl groups is 1. The van der Waals surface area contributed by atoms with Crippen LogP contribution in [0, 0.1) is 23.7 Å². The van der Waals surface area contributed by atoms with Gasteiger partial charge in [-0.25, -0.2) is 10.9 Å². The molecule has 0 saturated carbocycles. The SMILES string of the molecule is CC[C@H](C)[C@H](NN[C@H](C)C(N)=O)C(=O)C(=O)[C@H](C)NC(=O)C(C)NC(=O)[C@]1(C)CCCc2cn(nn2)CCCCCC[C@@](C)(NC(=O)[C@H](Cc2ccccc2)NC(=O)[C@@H](NC(=O)[C@H](CC(C)C)NC(C)=O)[C@@H](C)O)C(=O)NC(C)C(=O)N[C@@H](Cc2ccc(O)cc2)C(=O)N[C@@H](Cc2c[nH]c3ccccc23)C(=O)NC(C)C(=O)C(=O)[C@H](CCC(N)=O)NC[C@@H](CC(C)C)C(=O)N1. The van der Waals surface area contributed by atoms with Gasteiger partial charge >= 0.3 is 0 Å². The number of hydrogen-bond acceptors (Lipinski definition) is 24. The summed E-state index contributed by atoms with van der Waals surface area (Å²) in [5.41, 5.74) is 15.1. The van der Waals surface area contributed by atoms with Gasteiger partial charge in [0.2, 0.25) is 99.9 Å². The molecule has 712 valence electrons. The van der Waals surface area contributed by atoms with E-state index in [1.54, 1.807) is 85.5 Å². The number of hydrazine groups is 1. The summed E-state index contributed by atoms with van der Waals surface area (Å²) in [6.45, 7) is 22.7. The molecule has 130 heavy (non-hydrogen) atoms. The average molecular weight is 1810 g/mol. The highest BCUT2D eigenvalue weighted by Crippen LogP contribution is 2.25. The van der Waals surface area contributed by atoms with Crippen LogP contribution >= 0.6 is 0 Å². The molecule has 6 rings (SSSR count). The summed E-state index contributed by atoms with van der Waals surface area (Å²) >= 11 is 0. The number of nitrogens with one attached hydrogen (secondary N) is 15. The lowest BCUT2D eigenvalue weighted by Crippen LogP contribution is -2.64.